The summed E-state index contributed by atoms with van der Waals surface area (Å²) in [7, 11) is 0. The lowest BCUT2D eigenvalue weighted by Gasteiger charge is -2.37. The third-order valence-corrected chi connectivity index (χ3v) is 6.86. The van der Waals surface area contributed by atoms with E-state index in [9.17, 15) is 4.79 Å². The van der Waals surface area contributed by atoms with Crippen LogP contribution >= 0.6 is 0 Å². The van der Waals surface area contributed by atoms with Crippen molar-refractivity contribution in [1.29, 1.82) is 0 Å². The van der Waals surface area contributed by atoms with Gasteiger partial charge in [0.25, 0.3) is 5.91 Å². The minimum atomic E-state index is 0.0230. The number of carbonyl (C=O) groups is 1. The van der Waals surface area contributed by atoms with Crippen LogP contribution in [0.5, 0.6) is 0 Å². The molecule has 1 aromatic carbocycles. The zero-order valence-electron chi connectivity index (χ0n) is 17.0. The molecule has 5 rings (SSSR count). The number of benzene rings is 1. The van der Waals surface area contributed by atoms with E-state index in [-0.39, 0.29) is 5.91 Å². The second-order valence-electron chi connectivity index (χ2n) is 8.60. The van der Waals surface area contributed by atoms with Gasteiger partial charge in [-0.2, -0.15) is 0 Å². The Kier molecular flexibility index (Phi) is 5.57. The first-order valence-electron chi connectivity index (χ1n) is 11.1. The molecule has 6 heteroatoms. The number of ether oxygens (including phenoxy) is 2. The number of rotatable bonds is 5. The Morgan fingerprint density at radius 1 is 1.17 bits per heavy atom. The first-order chi connectivity index (χ1) is 14.3. The van der Waals surface area contributed by atoms with Crippen molar-refractivity contribution < 1.29 is 14.3 Å². The van der Waals surface area contributed by atoms with Gasteiger partial charge in [-0.1, -0.05) is 0 Å². The number of carbonyl (C=O) groups excluding carboxylic acids is 1. The molecule has 0 bridgehead atoms. The Bertz CT molecular complexity index is 866. The molecule has 29 heavy (non-hydrogen) atoms. The van der Waals surface area contributed by atoms with Crippen molar-refractivity contribution in [2.24, 2.45) is 5.92 Å². The Labute approximate surface area is 171 Å². The summed E-state index contributed by atoms with van der Waals surface area (Å²) in [6.07, 6.45) is 5.79. The summed E-state index contributed by atoms with van der Waals surface area (Å²) in [6, 6.07) is 6.40. The predicted molar refractivity (Wildman–Crippen MR) is 112 cm³/mol. The van der Waals surface area contributed by atoms with Crippen LogP contribution in [0.25, 0.3) is 10.9 Å². The zero-order chi connectivity index (χ0) is 19.6. The van der Waals surface area contributed by atoms with E-state index in [0.29, 0.717) is 18.5 Å². The van der Waals surface area contributed by atoms with E-state index in [1.165, 1.54) is 29.5 Å². The molecule has 2 atom stereocenters. The molecular weight excluding hydrogens is 366 g/mol. The molecule has 2 aromatic rings. The Morgan fingerprint density at radius 2 is 2.03 bits per heavy atom. The number of amides is 1. The van der Waals surface area contributed by atoms with Crippen LogP contribution in [0.15, 0.2) is 18.2 Å². The Balaban J connectivity index is 1.30. The third kappa shape index (κ3) is 3.93. The van der Waals surface area contributed by atoms with Crippen LogP contribution < -0.4 is 5.32 Å². The number of aromatic amines is 1. The second kappa shape index (κ2) is 8.46. The first-order valence-corrected chi connectivity index (χ1v) is 11.1. The number of nitrogens with zero attached hydrogens (tertiary/aromatic N) is 1. The summed E-state index contributed by atoms with van der Waals surface area (Å²) in [5.74, 6) is 0.502. The Morgan fingerprint density at radius 3 is 2.86 bits per heavy atom. The van der Waals surface area contributed by atoms with E-state index in [0.717, 1.165) is 69.9 Å². The molecule has 2 N–H and O–H groups in total. The highest BCUT2D eigenvalue weighted by molar-refractivity contribution is 5.99. The normalized spacial score (nSPS) is 23.8. The minimum absolute atomic E-state index is 0.0230. The SMILES string of the molecule is O=C(NCC(C1CCOC1)N1CCOCC1)c1ccc2[nH]c3c(c2c1)CCCC3. The molecule has 156 valence electrons. The van der Waals surface area contributed by atoms with Gasteiger partial charge in [-0.15, -0.1) is 0 Å². The van der Waals surface area contributed by atoms with Crippen molar-refractivity contribution in [1.82, 2.24) is 15.2 Å². The van der Waals surface area contributed by atoms with Crippen LogP contribution in [-0.2, 0) is 22.3 Å². The highest BCUT2D eigenvalue weighted by Crippen LogP contribution is 2.30. The number of morpholine rings is 1. The minimum Gasteiger partial charge on any atom is -0.381 e. The number of nitrogens with one attached hydrogen (secondary N) is 2. The van der Waals surface area contributed by atoms with E-state index in [2.05, 4.69) is 27.3 Å². The fraction of sp³-hybridized carbons (Fsp3) is 0.609. The molecule has 1 amide bonds. The average molecular weight is 398 g/mol. The number of hydrogen-bond acceptors (Lipinski definition) is 4. The molecular formula is C23H31N3O3. The predicted octanol–water partition coefficient (Wildman–Crippen LogP) is 2.51. The molecule has 0 saturated carbocycles. The number of H-pyrrole nitrogens is 1. The van der Waals surface area contributed by atoms with Gasteiger partial charge in [0.05, 0.1) is 19.8 Å². The quantitative estimate of drug-likeness (QED) is 0.814. The molecule has 1 aromatic heterocycles. The number of hydrogen-bond donors (Lipinski definition) is 2. The van der Waals surface area contributed by atoms with Crippen LogP contribution in [-0.4, -0.2) is 67.9 Å². The van der Waals surface area contributed by atoms with Crippen LogP contribution in [0, 0.1) is 5.92 Å². The molecule has 2 saturated heterocycles. The van der Waals surface area contributed by atoms with Crippen LogP contribution in [0.2, 0.25) is 0 Å². The van der Waals surface area contributed by atoms with Crippen LogP contribution in [0.1, 0.15) is 40.9 Å². The third-order valence-electron chi connectivity index (χ3n) is 6.86. The van der Waals surface area contributed by atoms with E-state index in [4.69, 9.17) is 9.47 Å². The highest BCUT2D eigenvalue weighted by atomic mass is 16.5. The van der Waals surface area contributed by atoms with E-state index in [1.807, 2.05) is 6.07 Å². The van der Waals surface area contributed by atoms with Gasteiger partial charge in [0, 0.05) is 60.4 Å². The van der Waals surface area contributed by atoms with Gasteiger partial charge >= 0.3 is 0 Å². The fourth-order valence-corrected chi connectivity index (χ4v) is 5.21. The van der Waals surface area contributed by atoms with Gasteiger partial charge in [-0.25, -0.2) is 0 Å². The fourth-order valence-electron chi connectivity index (χ4n) is 5.21. The molecule has 6 nitrogen and oxygen atoms in total. The van der Waals surface area contributed by atoms with E-state index in [1.54, 1.807) is 0 Å². The largest absolute Gasteiger partial charge is 0.381 e. The smallest absolute Gasteiger partial charge is 0.251 e. The summed E-state index contributed by atoms with van der Waals surface area (Å²) < 4.78 is 11.2. The maximum absolute atomic E-state index is 13.0. The summed E-state index contributed by atoms with van der Waals surface area (Å²) in [5.41, 5.74) is 4.68. The van der Waals surface area contributed by atoms with E-state index >= 15 is 0 Å². The topological polar surface area (TPSA) is 66.6 Å². The molecule has 2 unspecified atom stereocenters. The summed E-state index contributed by atoms with van der Waals surface area (Å²) in [5, 5.41) is 4.45. The van der Waals surface area contributed by atoms with Gasteiger partial charge in [-0.05, 0) is 55.9 Å². The van der Waals surface area contributed by atoms with Crippen LogP contribution in [0.4, 0.5) is 0 Å². The molecule has 0 spiro atoms. The molecule has 0 radical (unpaired) electrons. The standard InChI is InChI=1S/C23H31N3O3/c27-23(16-5-6-21-19(13-16)18-3-1-2-4-20(18)25-21)24-14-22(17-7-10-29-15-17)26-8-11-28-12-9-26/h5-6,13,17,22,25H,1-4,7-12,14-15H2,(H,24,27). The summed E-state index contributed by atoms with van der Waals surface area (Å²) >= 11 is 0. The summed E-state index contributed by atoms with van der Waals surface area (Å²) in [4.78, 5) is 19.0. The maximum Gasteiger partial charge on any atom is 0.251 e. The van der Waals surface area contributed by atoms with Crippen molar-refractivity contribution in [3.63, 3.8) is 0 Å². The lowest BCUT2D eigenvalue weighted by atomic mass is 9.95. The van der Waals surface area contributed by atoms with E-state index < -0.39 is 0 Å². The highest BCUT2D eigenvalue weighted by Gasteiger charge is 2.31. The van der Waals surface area contributed by atoms with Gasteiger partial charge in [0.1, 0.15) is 0 Å². The van der Waals surface area contributed by atoms with Gasteiger partial charge in [0.15, 0.2) is 0 Å². The summed E-state index contributed by atoms with van der Waals surface area (Å²) in [6.45, 7) is 5.68. The van der Waals surface area contributed by atoms with Gasteiger partial charge in [0.2, 0.25) is 0 Å². The average Bonchev–Trinajstić information content (AvgIpc) is 3.42. The number of aromatic nitrogens is 1. The molecule has 2 aliphatic heterocycles. The second-order valence-corrected chi connectivity index (χ2v) is 8.60. The van der Waals surface area contributed by atoms with Crippen molar-refractivity contribution in [2.45, 2.75) is 38.1 Å². The lowest BCUT2D eigenvalue weighted by Crippen LogP contribution is -2.52. The van der Waals surface area contributed by atoms with Gasteiger partial charge in [-0.3, -0.25) is 9.69 Å². The van der Waals surface area contributed by atoms with Crippen molar-refractivity contribution in [2.75, 3.05) is 46.1 Å². The lowest BCUT2D eigenvalue weighted by molar-refractivity contribution is 0.00166. The van der Waals surface area contributed by atoms with Crippen molar-refractivity contribution >= 4 is 16.8 Å². The monoisotopic (exact) mass is 397 g/mol. The van der Waals surface area contributed by atoms with Crippen LogP contribution in [0.3, 0.4) is 0 Å². The van der Waals surface area contributed by atoms with Gasteiger partial charge < -0.3 is 19.8 Å². The molecule has 1 aliphatic carbocycles. The maximum atomic E-state index is 13.0. The number of fused-ring (bicyclic) bond motifs is 3. The van der Waals surface area contributed by atoms with Crippen molar-refractivity contribution in [3.05, 3.63) is 35.0 Å². The molecule has 2 fully saturated rings. The molecule has 3 aliphatic rings. The first kappa shape index (κ1) is 19.1. The Hall–Kier alpha value is -1.89. The molecule has 3 heterocycles. The number of aryl methyl sites for hydroxylation is 2. The van der Waals surface area contributed by atoms with Crippen molar-refractivity contribution in [3.8, 4) is 0 Å². The zero-order valence-corrected chi connectivity index (χ0v) is 17.0.